The predicted octanol–water partition coefficient (Wildman–Crippen LogP) is 5.88. The van der Waals surface area contributed by atoms with Crippen molar-refractivity contribution in [1.29, 1.82) is 0 Å². The number of hydrogen-bond acceptors (Lipinski definition) is 5. The minimum Gasteiger partial charge on any atom is -0.326 e. The number of H-pyrrole nitrogens is 1. The number of rotatable bonds is 5. The number of allylic oxidation sites excluding steroid dienone is 1. The third-order valence-electron chi connectivity index (χ3n) is 5.85. The number of aryl methyl sites for hydroxylation is 1. The molecule has 0 aliphatic heterocycles. The molecule has 176 valence electrons. The van der Waals surface area contributed by atoms with Crippen LogP contribution in [0, 0.1) is 0 Å². The number of benzene rings is 3. The summed E-state index contributed by atoms with van der Waals surface area (Å²) in [7, 11) is 1.82. The van der Waals surface area contributed by atoms with Crippen LogP contribution < -0.4 is 16.6 Å². The molecule has 5 aromatic rings. The van der Waals surface area contributed by atoms with Crippen LogP contribution in [0.3, 0.4) is 0 Å². The number of anilines is 2. The SMILES string of the molecule is C/C(=C\c1cccc(CN)c1)c1nc2ccc3nc(Nc4c(Cl)cccc4Cl)n(C)c3c2c(=O)[nH]1. The Kier molecular flexibility index (Phi) is 6.06. The number of para-hydroxylation sites is 1. The first-order valence-corrected chi connectivity index (χ1v) is 11.7. The van der Waals surface area contributed by atoms with E-state index in [1.807, 2.05) is 50.4 Å². The van der Waals surface area contributed by atoms with Crippen LogP contribution in [0.5, 0.6) is 0 Å². The van der Waals surface area contributed by atoms with E-state index in [0.29, 0.717) is 56.0 Å². The molecule has 0 aliphatic rings. The average Bonchev–Trinajstić information content (AvgIpc) is 3.16. The largest absolute Gasteiger partial charge is 0.326 e. The summed E-state index contributed by atoms with van der Waals surface area (Å²) in [5, 5.41) is 4.58. The van der Waals surface area contributed by atoms with Crippen molar-refractivity contribution in [2.24, 2.45) is 12.8 Å². The maximum absolute atomic E-state index is 13.3. The van der Waals surface area contributed by atoms with Gasteiger partial charge in [-0.15, -0.1) is 0 Å². The molecule has 3 aromatic carbocycles. The van der Waals surface area contributed by atoms with Gasteiger partial charge in [-0.1, -0.05) is 53.5 Å². The lowest BCUT2D eigenvalue weighted by Crippen LogP contribution is -2.12. The molecule has 0 saturated heterocycles. The van der Waals surface area contributed by atoms with Crippen molar-refractivity contribution in [3.63, 3.8) is 0 Å². The molecule has 0 fully saturated rings. The molecule has 2 aromatic heterocycles. The van der Waals surface area contributed by atoms with Crippen molar-refractivity contribution in [3.8, 4) is 0 Å². The van der Waals surface area contributed by atoms with Crippen molar-refractivity contribution in [1.82, 2.24) is 19.5 Å². The molecular formula is C26H22Cl2N6O. The van der Waals surface area contributed by atoms with Gasteiger partial charge in [0.1, 0.15) is 5.82 Å². The van der Waals surface area contributed by atoms with Gasteiger partial charge in [-0.3, -0.25) is 4.79 Å². The fraction of sp³-hybridized carbons (Fsp3) is 0.115. The minimum absolute atomic E-state index is 0.246. The van der Waals surface area contributed by atoms with Gasteiger partial charge >= 0.3 is 0 Å². The number of fused-ring (bicyclic) bond motifs is 3. The molecule has 0 bridgehead atoms. The Hall–Kier alpha value is -3.65. The Labute approximate surface area is 211 Å². The number of halogens is 2. The van der Waals surface area contributed by atoms with E-state index in [1.165, 1.54) is 0 Å². The monoisotopic (exact) mass is 504 g/mol. The first kappa shape index (κ1) is 23.1. The Morgan fingerprint density at radius 2 is 1.80 bits per heavy atom. The molecule has 5 rings (SSSR count). The average molecular weight is 505 g/mol. The van der Waals surface area contributed by atoms with E-state index in [2.05, 4.69) is 15.3 Å². The molecule has 35 heavy (non-hydrogen) atoms. The third-order valence-corrected chi connectivity index (χ3v) is 6.48. The summed E-state index contributed by atoms with van der Waals surface area (Å²) in [6.45, 7) is 2.38. The maximum atomic E-state index is 13.3. The highest BCUT2D eigenvalue weighted by atomic mass is 35.5. The van der Waals surface area contributed by atoms with Crippen LogP contribution in [-0.4, -0.2) is 19.5 Å². The van der Waals surface area contributed by atoms with Crippen molar-refractivity contribution < 1.29 is 0 Å². The quantitative estimate of drug-likeness (QED) is 0.277. The molecule has 0 amide bonds. The molecule has 4 N–H and O–H groups in total. The van der Waals surface area contributed by atoms with Crippen LogP contribution in [-0.2, 0) is 13.6 Å². The topological polar surface area (TPSA) is 102 Å². The molecule has 2 heterocycles. The Bertz CT molecular complexity index is 1670. The van der Waals surface area contributed by atoms with Crippen LogP contribution in [0.4, 0.5) is 11.6 Å². The van der Waals surface area contributed by atoms with Crippen LogP contribution >= 0.6 is 23.2 Å². The van der Waals surface area contributed by atoms with Gasteiger partial charge in [-0.25, -0.2) is 9.97 Å². The molecule has 7 nitrogen and oxygen atoms in total. The molecule has 0 aliphatic carbocycles. The lowest BCUT2D eigenvalue weighted by molar-refractivity contribution is 0.960. The van der Waals surface area contributed by atoms with Crippen molar-refractivity contribution in [2.75, 3.05) is 5.32 Å². The summed E-state index contributed by atoms with van der Waals surface area (Å²) in [5.41, 5.74) is 10.8. The maximum Gasteiger partial charge on any atom is 0.261 e. The van der Waals surface area contributed by atoms with Gasteiger partial charge in [0.05, 0.1) is 37.7 Å². The summed E-state index contributed by atoms with van der Waals surface area (Å²) in [4.78, 5) is 25.6. The number of hydrogen-bond donors (Lipinski definition) is 3. The summed E-state index contributed by atoms with van der Waals surface area (Å²) in [6.07, 6.45) is 1.97. The normalized spacial score (nSPS) is 12.0. The van der Waals surface area contributed by atoms with E-state index < -0.39 is 0 Å². The highest BCUT2D eigenvalue weighted by molar-refractivity contribution is 6.39. The Morgan fingerprint density at radius 1 is 1.09 bits per heavy atom. The van der Waals surface area contributed by atoms with E-state index in [1.54, 1.807) is 28.8 Å². The van der Waals surface area contributed by atoms with E-state index in [-0.39, 0.29) is 5.56 Å². The van der Waals surface area contributed by atoms with E-state index in [9.17, 15) is 4.79 Å². The number of aromatic amines is 1. The van der Waals surface area contributed by atoms with Crippen LogP contribution in [0.15, 0.2) is 59.4 Å². The predicted molar refractivity (Wildman–Crippen MR) is 144 cm³/mol. The highest BCUT2D eigenvalue weighted by Crippen LogP contribution is 2.34. The van der Waals surface area contributed by atoms with Crippen LogP contribution in [0.1, 0.15) is 23.9 Å². The lowest BCUT2D eigenvalue weighted by Gasteiger charge is -2.10. The highest BCUT2D eigenvalue weighted by Gasteiger charge is 2.17. The van der Waals surface area contributed by atoms with E-state index in [4.69, 9.17) is 33.9 Å². The summed E-state index contributed by atoms with van der Waals surface area (Å²) < 4.78 is 1.80. The summed E-state index contributed by atoms with van der Waals surface area (Å²) >= 11 is 12.6. The first-order valence-electron chi connectivity index (χ1n) is 10.9. The molecule has 9 heteroatoms. The number of nitrogens with one attached hydrogen (secondary N) is 2. The summed E-state index contributed by atoms with van der Waals surface area (Å²) in [6, 6.07) is 16.8. The number of imidazole rings is 1. The second-order valence-corrected chi connectivity index (χ2v) is 9.05. The fourth-order valence-electron chi connectivity index (χ4n) is 4.09. The van der Waals surface area contributed by atoms with Gasteiger partial charge in [0, 0.05) is 13.6 Å². The second-order valence-electron chi connectivity index (χ2n) is 8.23. The van der Waals surface area contributed by atoms with E-state index >= 15 is 0 Å². The van der Waals surface area contributed by atoms with Gasteiger partial charge in [-0.05, 0) is 54.0 Å². The summed E-state index contributed by atoms with van der Waals surface area (Å²) in [5.74, 6) is 1.00. The van der Waals surface area contributed by atoms with Gasteiger partial charge in [0.2, 0.25) is 5.95 Å². The van der Waals surface area contributed by atoms with E-state index in [0.717, 1.165) is 16.7 Å². The van der Waals surface area contributed by atoms with Crippen molar-refractivity contribution >= 4 is 68.4 Å². The molecular weight excluding hydrogens is 483 g/mol. The smallest absolute Gasteiger partial charge is 0.261 e. The number of aromatic nitrogens is 4. The first-order chi connectivity index (χ1) is 16.9. The molecule has 0 spiro atoms. The molecule has 0 radical (unpaired) electrons. The molecule has 0 saturated carbocycles. The number of nitrogens with zero attached hydrogens (tertiary/aromatic N) is 3. The molecule has 0 unspecified atom stereocenters. The van der Waals surface area contributed by atoms with Gasteiger partial charge in [0.25, 0.3) is 5.56 Å². The zero-order valence-electron chi connectivity index (χ0n) is 19.1. The van der Waals surface area contributed by atoms with Crippen molar-refractivity contribution in [3.05, 3.63) is 91.9 Å². The second kappa shape index (κ2) is 9.19. The molecule has 0 atom stereocenters. The fourth-order valence-corrected chi connectivity index (χ4v) is 4.58. The van der Waals surface area contributed by atoms with Gasteiger partial charge < -0.3 is 20.6 Å². The zero-order valence-corrected chi connectivity index (χ0v) is 20.6. The Balaban J connectivity index is 1.60. The third kappa shape index (κ3) is 4.30. The zero-order chi connectivity index (χ0) is 24.7. The standard InChI is InChI=1S/C26H22Cl2N6O/c1-14(11-15-5-3-6-16(12-15)13-29)24-30-19-9-10-20-23(21(19)25(35)33-24)34(2)26(31-20)32-22-17(27)7-4-8-18(22)28/h3-12H,13,29H2,1-2H3,(H,31,32)(H,30,33,35)/b14-11+. The lowest BCUT2D eigenvalue weighted by atomic mass is 10.1. The number of nitrogens with two attached hydrogens (primary N) is 1. The minimum atomic E-state index is -0.246. The van der Waals surface area contributed by atoms with Crippen LogP contribution in [0.2, 0.25) is 10.0 Å². The van der Waals surface area contributed by atoms with Crippen molar-refractivity contribution in [2.45, 2.75) is 13.5 Å². The Morgan fingerprint density at radius 3 is 2.54 bits per heavy atom. The van der Waals surface area contributed by atoms with Gasteiger partial charge in [-0.2, -0.15) is 0 Å². The van der Waals surface area contributed by atoms with Gasteiger partial charge in [0.15, 0.2) is 0 Å². The van der Waals surface area contributed by atoms with Crippen LogP contribution in [0.25, 0.3) is 33.6 Å².